The van der Waals surface area contributed by atoms with Gasteiger partial charge in [-0.05, 0) is 76.9 Å². The number of carbonyl (C=O) groups is 5. The third kappa shape index (κ3) is 10.3. The SMILES string of the molecule is CCn1nc(C)cc1C(=O)CNc1nc2cc(C(N)=O)cc(OC)c2n1C/C=C/Cn1c2nc(-c3cc(C)nn3CC)ncc2c2cc(C(N)=O)cc(OCCCNC(=O)CCCC(=O)OC)c21. The minimum Gasteiger partial charge on any atom is -0.494 e. The molecule has 0 bridgehead atoms. The normalized spacial score (nSPS) is 11.5. The van der Waals surface area contributed by atoms with Crippen LogP contribution in [0.4, 0.5) is 5.95 Å². The molecule has 7 rings (SSSR count). The molecule has 6 N–H and O–H groups in total. The van der Waals surface area contributed by atoms with Crippen LogP contribution in [0.1, 0.15) is 82.1 Å². The van der Waals surface area contributed by atoms with Crippen molar-refractivity contribution in [2.75, 3.05) is 39.2 Å². The van der Waals surface area contributed by atoms with Gasteiger partial charge in [-0.15, -0.1) is 0 Å². The third-order valence-electron chi connectivity index (χ3n) is 11.2. The molecule has 21 nitrogen and oxygen atoms in total. The van der Waals surface area contributed by atoms with Crippen molar-refractivity contribution < 1.29 is 38.2 Å². The van der Waals surface area contributed by atoms with Crippen LogP contribution in [-0.2, 0) is 40.5 Å². The lowest BCUT2D eigenvalue weighted by atomic mass is 10.1. The van der Waals surface area contributed by atoms with Gasteiger partial charge >= 0.3 is 5.97 Å². The maximum absolute atomic E-state index is 13.5. The van der Waals surface area contributed by atoms with Gasteiger partial charge in [-0.2, -0.15) is 10.2 Å². The van der Waals surface area contributed by atoms with Crippen molar-refractivity contribution in [3.05, 3.63) is 83.0 Å². The Kier molecular flexibility index (Phi) is 14.8. The fraction of sp³-hybridized carbons (Fsp3) is 0.362. The summed E-state index contributed by atoms with van der Waals surface area (Å²) in [5, 5.41) is 16.4. The summed E-state index contributed by atoms with van der Waals surface area (Å²) in [6.45, 7) is 9.63. The van der Waals surface area contributed by atoms with Crippen LogP contribution in [0.3, 0.4) is 0 Å². The number of hydrogen-bond donors (Lipinski definition) is 4. The lowest BCUT2D eigenvalue weighted by Gasteiger charge is -2.13. The molecule has 0 saturated heterocycles. The molecule has 0 atom stereocenters. The number of imidazole rings is 1. The number of rotatable bonds is 23. The van der Waals surface area contributed by atoms with Crippen LogP contribution in [0.25, 0.3) is 44.5 Å². The summed E-state index contributed by atoms with van der Waals surface area (Å²) in [4.78, 5) is 77.0. The number of benzene rings is 2. The van der Waals surface area contributed by atoms with E-state index in [-0.39, 0.29) is 67.9 Å². The molecule has 68 heavy (non-hydrogen) atoms. The Morgan fingerprint density at radius 1 is 0.765 bits per heavy atom. The quantitative estimate of drug-likeness (QED) is 0.0295. The summed E-state index contributed by atoms with van der Waals surface area (Å²) in [6, 6.07) is 10.1. The number of primary amides is 2. The molecule has 7 aromatic rings. The van der Waals surface area contributed by atoms with E-state index < -0.39 is 11.8 Å². The van der Waals surface area contributed by atoms with Crippen LogP contribution in [0, 0.1) is 13.8 Å². The molecule has 3 amide bonds. The van der Waals surface area contributed by atoms with Crippen molar-refractivity contribution in [2.45, 2.75) is 79.6 Å². The first-order valence-corrected chi connectivity index (χ1v) is 22.2. The number of fused-ring (bicyclic) bond motifs is 4. The maximum atomic E-state index is 13.5. The summed E-state index contributed by atoms with van der Waals surface area (Å²) >= 11 is 0. The van der Waals surface area contributed by atoms with Crippen LogP contribution >= 0.6 is 0 Å². The van der Waals surface area contributed by atoms with E-state index in [0.29, 0.717) is 94.4 Å². The Morgan fingerprint density at radius 2 is 1.46 bits per heavy atom. The predicted octanol–water partition coefficient (Wildman–Crippen LogP) is 4.64. The molecule has 0 aliphatic rings. The van der Waals surface area contributed by atoms with E-state index in [0.717, 1.165) is 17.1 Å². The van der Waals surface area contributed by atoms with Gasteiger partial charge in [0.15, 0.2) is 11.6 Å². The Hall–Kier alpha value is -8.10. The van der Waals surface area contributed by atoms with Gasteiger partial charge in [-0.25, -0.2) is 15.0 Å². The lowest BCUT2D eigenvalue weighted by Crippen LogP contribution is -2.25. The zero-order chi connectivity index (χ0) is 48.6. The molecule has 0 radical (unpaired) electrons. The van der Waals surface area contributed by atoms with Gasteiger partial charge in [-0.3, -0.25) is 33.3 Å². The maximum Gasteiger partial charge on any atom is 0.305 e. The number of aryl methyl sites for hydroxylation is 4. The number of ketones is 1. The number of methoxy groups -OCH3 is 2. The van der Waals surface area contributed by atoms with Gasteiger partial charge in [0, 0.05) is 73.7 Å². The van der Waals surface area contributed by atoms with Crippen LogP contribution < -0.4 is 31.6 Å². The van der Waals surface area contributed by atoms with Gasteiger partial charge in [0.1, 0.15) is 34.1 Å². The first-order chi connectivity index (χ1) is 32.7. The number of allylic oxidation sites excluding steroid dienone is 2. The minimum atomic E-state index is -0.653. The van der Waals surface area contributed by atoms with Crippen molar-refractivity contribution in [3.63, 3.8) is 0 Å². The molecular formula is C47H55N13O8. The summed E-state index contributed by atoms with van der Waals surface area (Å²) in [5.41, 5.74) is 16.9. The largest absolute Gasteiger partial charge is 0.494 e. The molecule has 356 valence electrons. The molecule has 0 aliphatic carbocycles. The minimum absolute atomic E-state index is 0.0948. The number of ether oxygens (including phenoxy) is 3. The van der Waals surface area contributed by atoms with Crippen molar-refractivity contribution in [1.82, 2.24) is 49.0 Å². The molecule has 2 aromatic carbocycles. The highest BCUT2D eigenvalue weighted by Crippen LogP contribution is 2.37. The first-order valence-electron chi connectivity index (χ1n) is 22.2. The number of carbonyl (C=O) groups excluding carboxylic acids is 5. The van der Waals surface area contributed by atoms with Crippen LogP contribution in [0.5, 0.6) is 11.5 Å². The van der Waals surface area contributed by atoms with E-state index in [2.05, 4.69) is 25.6 Å². The number of nitrogens with two attached hydrogens (primary N) is 2. The van der Waals surface area contributed by atoms with E-state index in [4.69, 9.17) is 35.9 Å². The molecule has 0 unspecified atom stereocenters. The van der Waals surface area contributed by atoms with E-state index in [1.54, 1.807) is 41.2 Å². The predicted molar refractivity (Wildman–Crippen MR) is 254 cm³/mol. The highest BCUT2D eigenvalue weighted by Gasteiger charge is 2.23. The fourth-order valence-corrected chi connectivity index (χ4v) is 8.01. The van der Waals surface area contributed by atoms with Crippen molar-refractivity contribution >= 4 is 68.4 Å². The Balaban J connectivity index is 1.24. The van der Waals surface area contributed by atoms with Crippen LogP contribution in [0.2, 0.25) is 0 Å². The van der Waals surface area contributed by atoms with Gasteiger partial charge in [-0.1, -0.05) is 12.2 Å². The summed E-state index contributed by atoms with van der Waals surface area (Å²) < 4.78 is 24.1. The second-order valence-electron chi connectivity index (χ2n) is 15.9. The van der Waals surface area contributed by atoms with Crippen molar-refractivity contribution in [2.24, 2.45) is 11.5 Å². The number of esters is 1. The number of Topliss-reactive ketones (excluding diaryl/α,β-unsaturated/α-hetero) is 1. The van der Waals surface area contributed by atoms with E-state index in [9.17, 15) is 24.0 Å². The smallest absolute Gasteiger partial charge is 0.305 e. The number of amides is 3. The number of anilines is 1. The Bertz CT molecular complexity index is 3090. The second kappa shape index (κ2) is 21.0. The average Bonchev–Trinajstić information content (AvgIpc) is 4.09. The molecule has 0 fully saturated rings. The van der Waals surface area contributed by atoms with Gasteiger partial charge in [0.2, 0.25) is 23.7 Å². The van der Waals surface area contributed by atoms with Gasteiger partial charge < -0.3 is 45.4 Å². The van der Waals surface area contributed by atoms with E-state index in [1.807, 2.05) is 59.7 Å². The lowest BCUT2D eigenvalue weighted by molar-refractivity contribution is -0.140. The zero-order valence-electron chi connectivity index (χ0n) is 38.9. The summed E-state index contributed by atoms with van der Waals surface area (Å²) in [5.74, 6) is -0.542. The highest BCUT2D eigenvalue weighted by atomic mass is 16.5. The van der Waals surface area contributed by atoms with Crippen molar-refractivity contribution in [1.29, 1.82) is 0 Å². The van der Waals surface area contributed by atoms with Crippen LogP contribution in [-0.4, -0.2) is 107 Å². The van der Waals surface area contributed by atoms with E-state index in [1.165, 1.54) is 14.2 Å². The zero-order valence-corrected chi connectivity index (χ0v) is 38.9. The summed E-state index contributed by atoms with van der Waals surface area (Å²) in [6.07, 6.45) is 6.71. The first kappa shape index (κ1) is 47.9. The Labute approximate surface area is 390 Å². The van der Waals surface area contributed by atoms with Gasteiger partial charge in [0.05, 0.1) is 49.8 Å². The van der Waals surface area contributed by atoms with Crippen molar-refractivity contribution in [3.8, 4) is 23.0 Å². The van der Waals surface area contributed by atoms with Crippen LogP contribution in [0.15, 0.2) is 54.7 Å². The van der Waals surface area contributed by atoms with E-state index >= 15 is 0 Å². The number of hydrogen-bond acceptors (Lipinski definition) is 14. The second-order valence-corrected chi connectivity index (χ2v) is 15.9. The topological polar surface area (TPSA) is 273 Å². The molecule has 5 heterocycles. The molecule has 21 heteroatoms. The molecule has 0 aliphatic heterocycles. The number of nitrogens with one attached hydrogen (secondary N) is 2. The standard InChI is InChI=1S/C47H55N13O8/c1-7-59-34(19-27(3)55-59)36(61)26-52-47-53-33-22-30(44(49)65)23-37(66-5)42(33)58(47)17-10-9-16-57-41-31(32-25-51-45(54-46(32)57)35-20-28(4)56-60(35)8-2)21-29(43(48)64)24-38(41)68-18-12-15-50-39(62)13-11-14-40(63)67-6/h9-10,19-25H,7-8,11-18,26H2,1-6H3,(H2,48,64)(H2,49,65)(H,50,62)(H,52,53)/b10-9+. The monoisotopic (exact) mass is 929 g/mol. The fourth-order valence-electron chi connectivity index (χ4n) is 8.01. The third-order valence-corrected chi connectivity index (χ3v) is 11.2. The highest BCUT2D eigenvalue weighted by molar-refractivity contribution is 6.12. The summed E-state index contributed by atoms with van der Waals surface area (Å²) in [7, 11) is 2.79. The molecule has 0 spiro atoms. The Morgan fingerprint density at radius 3 is 2.16 bits per heavy atom. The number of nitrogens with zero attached hydrogens (tertiary/aromatic N) is 9. The molecular weight excluding hydrogens is 875 g/mol. The van der Waals surface area contributed by atoms with Gasteiger partial charge in [0.25, 0.3) is 0 Å². The average molecular weight is 930 g/mol. The molecule has 0 saturated carbocycles. The number of aromatic nitrogens is 9. The molecule has 5 aromatic heterocycles.